The summed E-state index contributed by atoms with van der Waals surface area (Å²) in [6.45, 7) is 1.59. The normalized spacial score (nSPS) is 16.0. The fraction of sp³-hybridized carbons (Fsp3) is 0.400. The fourth-order valence-electron chi connectivity index (χ4n) is 2.74. The van der Waals surface area contributed by atoms with Crippen LogP contribution in [-0.2, 0) is 0 Å². The summed E-state index contributed by atoms with van der Waals surface area (Å²) in [6.07, 6.45) is 5.20. The average molecular weight is 287 g/mol. The molecular weight excluding hydrogens is 269 g/mol. The van der Waals surface area contributed by atoms with Gasteiger partial charge in [-0.25, -0.2) is 9.37 Å². The third-order valence-corrected chi connectivity index (χ3v) is 3.97. The summed E-state index contributed by atoms with van der Waals surface area (Å²) >= 11 is 0. The van der Waals surface area contributed by atoms with Gasteiger partial charge in [-0.1, -0.05) is 0 Å². The molecule has 0 aromatic carbocycles. The second kappa shape index (κ2) is 6.03. The molecule has 1 aliphatic rings. The molecule has 3 heterocycles. The first-order valence-electron chi connectivity index (χ1n) is 7.11. The van der Waals surface area contributed by atoms with Gasteiger partial charge in [-0.3, -0.25) is 0 Å². The maximum atomic E-state index is 13.8. The van der Waals surface area contributed by atoms with Crippen LogP contribution in [0.2, 0.25) is 0 Å². The Morgan fingerprint density at radius 2 is 1.95 bits per heavy atom. The number of anilines is 2. The van der Waals surface area contributed by atoms with Crippen molar-refractivity contribution in [3.8, 4) is 0 Å². The third-order valence-electron chi connectivity index (χ3n) is 3.97. The van der Waals surface area contributed by atoms with Crippen LogP contribution in [0.3, 0.4) is 0 Å². The minimum absolute atomic E-state index is 0.252. The van der Waals surface area contributed by atoms with Crippen LogP contribution in [0.15, 0.2) is 36.7 Å². The Morgan fingerprint density at radius 1 is 1.19 bits per heavy atom. The van der Waals surface area contributed by atoms with Gasteiger partial charge in [-0.15, -0.1) is 5.10 Å². The van der Waals surface area contributed by atoms with Gasteiger partial charge in [0.1, 0.15) is 0 Å². The van der Waals surface area contributed by atoms with Crippen molar-refractivity contribution in [3.05, 3.63) is 42.5 Å². The topological polar surface area (TPSA) is 45.2 Å². The molecule has 1 aliphatic heterocycles. The third kappa shape index (κ3) is 2.94. The summed E-state index contributed by atoms with van der Waals surface area (Å²) in [5.74, 6) is 1.08. The molecule has 0 saturated carbocycles. The molecule has 2 aromatic heterocycles. The van der Waals surface area contributed by atoms with Crippen LogP contribution in [0.1, 0.15) is 12.8 Å². The standard InChI is InChI=1S/C15H18FN5/c1-20(14-5-3-9-18-19-14)12-6-10-21(11-7-12)15-13(16)4-2-8-17-15/h2-5,8-9,12H,6-7,10-11H2,1H3. The monoisotopic (exact) mass is 287 g/mol. The summed E-state index contributed by atoms with van der Waals surface area (Å²) < 4.78 is 13.8. The Hall–Kier alpha value is -2.24. The number of aromatic nitrogens is 3. The van der Waals surface area contributed by atoms with Gasteiger partial charge in [0.25, 0.3) is 0 Å². The van der Waals surface area contributed by atoms with Crippen molar-refractivity contribution in [1.82, 2.24) is 15.2 Å². The van der Waals surface area contributed by atoms with Crippen LogP contribution in [0.5, 0.6) is 0 Å². The van der Waals surface area contributed by atoms with Crippen molar-refractivity contribution in [2.75, 3.05) is 29.9 Å². The van der Waals surface area contributed by atoms with Gasteiger partial charge in [0.05, 0.1) is 0 Å². The number of halogens is 1. The highest BCUT2D eigenvalue weighted by atomic mass is 19.1. The molecule has 0 radical (unpaired) electrons. The molecule has 2 aromatic rings. The molecule has 5 nitrogen and oxygen atoms in total. The minimum atomic E-state index is -0.252. The molecule has 6 heteroatoms. The van der Waals surface area contributed by atoms with Gasteiger partial charge in [0.15, 0.2) is 17.5 Å². The Morgan fingerprint density at radius 3 is 2.62 bits per heavy atom. The van der Waals surface area contributed by atoms with E-state index in [1.807, 2.05) is 24.1 Å². The van der Waals surface area contributed by atoms with Gasteiger partial charge in [0.2, 0.25) is 0 Å². The first-order valence-corrected chi connectivity index (χ1v) is 7.11. The highest BCUT2D eigenvalue weighted by Crippen LogP contribution is 2.24. The summed E-state index contributed by atoms with van der Waals surface area (Å²) in [4.78, 5) is 8.31. The molecule has 0 atom stereocenters. The van der Waals surface area contributed by atoms with Crippen LogP contribution in [0, 0.1) is 5.82 Å². The van der Waals surface area contributed by atoms with E-state index in [-0.39, 0.29) is 5.82 Å². The van der Waals surface area contributed by atoms with Crippen molar-refractivity contribution in [2.24, 2.45) is 0 Å². The van der Waals surface area contributed by atoms with E-state index in [1.165, 1.54) is 6.07 Å². The fourth-order valence-corrected chi connectivity index (χ4v) is 2.74. The largest absolute Gasteiger partial charge is 0.355 e. The van der Waals surface area contributed by atoms with Crippen LogP contribution < -0.4 is 9.80 Å². The van der Waals surface area contributed by atoms with Crippen molar-refractivity contribution >= 4 is 11.6 Å². The molecule has 0 spiro atoms. The molecule has 1 fully saturated rings. The van der Waals surface area contributed by atoms with Gasteiger partial charge in [-0.2, -0.15) is 5.10 Å². The zero-order valence-corrected chi connectivity index (χ0v) is 12.0. The number of hydrogen-bond acceptors (Lipinski definition) is 5. The van der Waals surface area contributed by atoms with Gasteiger partial charge in [0, 0.05) is 38.6 Å². The second-order valence-electron chi connectivity index (χ2n) is 5.22. The van der Waals surface area contributed by atoms with E-state index in [2.05, 4.69) is 20.1 Å². The van der Waals surface area contributed by atoms with Crippen molar-refractivity contribution in [2.45, 2.75) is 18.9 Å². The van der Waals surface area contributed by atoms with Crippen LogP contribution in [-0.4, -0.2) is 41.4 Å². The molecule has 0 unspecified atom stereocenters. The molecule has 1 saturated heterocycles. The lowest BCUT2D eigenvalue weighted by Gasteiger charge is -2.37. The van der Waals surface area contributed by atoms with E-state index >= 15 is 0 Å². The van der Waals surface area contributed by atoms with Crippen molar-refractivity contribution in [1.29, 1.82) is 0 Å². The van der Waals surface area contributed by atoms with E-state index in [0.717, 1.165) is 31.7 Å². The molecule has 3 rings (SSSR count). The summed E-state index contributed by atoms with van der Waals surface area (Å²) in [5, 5.41) is 8.05. The molecule has 21 heavy (non-hydrogen) atoms. The van der Waals surface area contributed by atoms with Gasteiger partial charge < -0.3 is 9.80 Å². The molecule has 0 amide bonds. The predicted molar refractivity (Wildman–Crippen MR) is 79.9 cm³/mol. The highest BCUT2D eigenvalue weighted by Gasteiger charge is 2.25. The zero-order chi connectivity index (χ0) is 14.7. The van der Waals surface area contributed by atoms with Gasteiger partial charge >= 0.3 is 0 Å². The number of nitrogens with zero attached hydrogens (tertiary/aromatic N) is 5. The summed E-state index contributed by atoms with van der Waals surface area (Å²) in [6, 6.07) is 7.31. The van der Waals surface area contributed by atoms with E-state index in [0.29, 0.717) is 11.9 Å². The van der Waals surface area contributed by atoms with E-state index < -0.39 is 0 Å². The second-order valence-corrected chi connectivity index (χ2v) is 5.22. The maximum Gasteiger partial charge on any atom is 0.165 e. The average Bonchev–Trinajstić information content (AvgIpc) is 2.56. The van der Waals surface area contributed by atoms with Crippen molar-refractivity contribution in [3.63, 3.8) is 0 Å². The molecule has 0 N–H and O–H groups in total. The smallest absolute Gasteiger partial charge is 0.165 e. The number of rotatable bonds is 3. The maximum absolute atomic E-state index is 13.8. The van der Waals surface area contributed by atoms with Gasteiger partial charge in [-0.05, 0) is 37.1 Å². The lowest BCUT2D eigenvalue weighted by molar-refractivity contribution is 0.470. The molecule has 0 bridgehead atoms. The van der Waals surface area contributed by atoms with E-state index in [1.54, 1.807) is 18.5 Å². The highest BCUT2D eigenvalue weighted by molar-refractivity contribution is 5.42. The van der Waals surface area contributed by atoms with Crippen LogP contribution >= 0.6 is 0 Å². The molecule has 0 aliphatic carbocycles. The van der Waals surface area contributed by atoms with E-state index in [4.69, 9.17) is 0 Å². The molecule has 110 valence electrons. The number of pyridine rings is 1. The Balaban J connectivity index is 1.64. The first-order chi connectivity index (χ1) is 10.3. The minimum Gasteiger partial charge on any atom is -0.355 e. The Kier molecular flexibility index (Phi) is 3.94. The first kappa shape index (κ1) is 13.7. The Bertz CT molecular complexity index is 584. The van der Waals surface area contributed by atoms with E-state index in [9.17, 15) is 4.39 Å². The van der Waals surface area contributed by atoms with Crippen LogP contribution in [0.25, 0.3) is 0 Å². The van der Waals surface area contributed by atoms with Crippen molar-refractivity contribution < 1.29 is 4.39 Å². The SMILES string of the molecule is CN(c1cccnn1)C1CCN(c2ncccc2F)CC1. The molecular formula is C15H18FN5. The summed E-state index contributed by atoms with van der Waals surface area (Å²) in [7, 11) is 2.03. The number of hydrogen-bond donors (Lipinski definition) is 0. The number of piperidine rings is 1. The lowest BCUT2D eigenvalue weighted by atomic mass is 10.0. The quantitative estimate of drug-likeness (QED) is 0.865. The van der Waals surface area contributed by atoms with Crippen LogP contribution in [0.4, 0.5) is 16.0 Å². The predicted octanol–water partition coefficient (Wildman–Crippen LogP) is 2.12. The lowest BCUT2D eigenvalue weighted by Crippen LogP contribution is -2.44. The zero-order valence-electron chi connectivity index (χ0n) is 12.0. The summed E-state index contributed by atoms with van der Waals surface area (Å²) in [5.41, 5.74) is 0. The Labute approximate surface area is 123 Å².